The minimum absolute atomic E-state index is 0.601. The van der Waals surface area contributed by atoms with Crippen molar-refractivity contribution >= 4 is 27.3 Å². The lowest BCUT2D eigenvalue weighted by molar-refractivity contribution is 0.447. The lowest BCUT2D eigenvalue weighted by Crippen LogP contribution is -2.12. The van der Waals surface area contributed by atoms with Gasteiger partial charge in [0.2, 0.25) is 11.8 Å². The summed E-state index contributed by atoms with van der Waals surface area (Å²) in [5.41, 5.74) is 0. The van der Waals surface area contributed by atoms with Crippen molar-refractivity contribution in [1.82, 2.24) is 15.5 Å². The van der Waals surface area contributed by atoms with E-state index in [9.17, 15) is 0 Å². The molecule has 0 amide bonds. The summed E-state index contributed by atoms with van der Waals surface area (Å²) in [5.74, 6) is 1.23. The van der Waals surface area contributed by atoms with Gasteiger partial charge in [-0.2, -0.15) is 0 Å². The average molecular weight is 288 g/mol. The molecule has 0 spiro atoms. The molecule has 6 heteroatoms. The Bertz CT molecular complexity index is 440. The largest absolute Gasteiger partial charge is 0.424 e. The van der Waals surface area contributed by atoms with Gasteiger partial charge in [-0.3, -0.25) is 0 Å². The Hall–Kier alpha value is -0.720. The minimum atomic E-state index is 0.601. The molecule has 1 N–H and O–H groups in total. The molecule has 0 aliphatic carbocycles. The maximum Gasteiger partial charge on any atom is 0.230 e. The number of nitrogens with zero attached hydrogens (tertiary/aromatic N) is 2. The van der Waals surface area contributed by atoms with E-state index in [1.54, 1.807) is 18.3 Å². The van der Waals surface area contributed by atoms with Gasteiger partial charge in [-0.15, -0.1) is 21.5 Å². The SMILES string of the molecule is Cc1nnc(CNCc2sccc2Br)o1. The van der Waals surface area contributed by atoms with Crippen LogP contribution < -0.4 is 5.32 Å². The van der Waals surface area contributed by atoms with E-state index in [1.165, 1.54) is 4.88 Å². The number of halogens is 1. The standard InChI is InChI=1S/C9H10BrN3OS/c1-6-12-13-9(14-6)5-11-4-8-7(10)2-3-15-8/h2-3,11H,4-5H2,1H3. The summed E-state index contributed by atoms with van der Waals surface area (Å²) in [7, 11) is 0. The monoisotopic (exact) mass is 287 g/mol. The van der Waals surface area contributed by atoms with Crippen LogP contribution in [0.3, 0.4) is 0 Å². The second-order valence-corrected chi connectivity index (χ2v) is 4.87. The molecule has 0 fully saturated rings. The van der Waals surface area contributed by atoms with Crippen molar-refractivity contribution in [3.05, 3.63) is 32.6 Å². The Kier molecular flexibility index (Phi) is 3.50. The Morgan fingerprint density at radius 2 is 2.33 bits per heavy atom. The number of hydrogen-bond donors (Lipinski definition) is 1. The molecular formula is C9H10BrN3OS. The lowest BCUT2D eigenvalue weighted by Gasteiger charge is -1.99. The molecular weight excluding hydrogens is 278 g/mol. The Balaban J connectivity index is 1.83. The maximum atomic E-state index is 5.24. The molecule has 0 aliphatic rings. The predicted octanol–water partition coefficient (Wildman–Crippen LogP) is 2.49. The molecule has 0 radical (unpaired) electrons. The van der Waals surface area contributed by atoms with Gasteiger partial charge >= 0.3 is 0 Å². The molecule has 2 rings (SSSR count). The third kappa shape index (κ3) is 2.87. The van der Waals surface area contributed by atoms with E-state index in [2.05, 4.69) is 36.8 Å². The van der Waals surface area contributed by atoms with Crippen LogP contribution in [0, 0.1) is 6.92 Å². The highest BCUT2D eigenvalue weighted by atomic mass is 79.9. The van der Waals surface area contributed by atoms with Gasteiger partial charge in [-0.05, 0) is 27.4 Å². The first-order valence-electron chi connectivity index (χ1n) is 4.47. The van der Waals surface area contributed by atoms with E-state index in [0.717, 1.165) is 11.0 Å². The number of hydrogen-bond acceptors (Lipinski definition) is 5. The topological polar surface area (TPSA) is 51.0 Å². The van der Waals surface area contributed by atoms with Crippen LogP contribution in [0.2, 0.25) is 0 Å². The molecule has 0 bridgehead atoms. The highest BCUT2D eigenvalue weighted by molar-refractivity contribution is 9.10. The third-order valence-electron chi connectivity index (χ3n) is 1.82. The Morgan fingerprint density at radius 1 is 1.47 bits per heavy atom. The molecule has 0 aromatic carbocycles. The van der Waals surface area contributed by atoms with Crippen LogP contribution in [0.1, 0.15) is 16.7 Å². The van der Waals surface area contributed by atoms with Gasteiger partial charge in [-0.1, -0.05) is 0 Å². The summed E-state index contributed by atoms with van der Waals surface area (Å²) >= 11 is 5.19. The van der Waals surface area contributed by atoms with E-state index in [-0.39, 0.29) is 0 Å². The highest BCUT2D eigenvalue weighted by Crippen LogP contribution is 2.22. The van der Waals surface area contributed by atoms with Gasteiger partial charge in [0.1, 0.15) is 0 Å². The molecule has 0 saturated heterocycles. The van der Waals surface area contributed by atoms with Crippen LogP contribution in [-0.2, 0) is 13.1 Å². The van der Waals surface area contributed by atoms with E-state index < -0.39 is 0 Å². The molecule has 15 heavy (non-hydrogen) atoms. The molecule has 2 aromatic heterocycles. The molecule has 0 atom stereocenters. The fourth-order valence-electron chi connectivity index (χ4n) is 1.14. The van der Waals surface area contributed by atoms with Gasteiger partial charge in [0.05, 0.1) is 6.54 Å². The summed E-state index contributed by atoms with van der Waals surface area (Å²) in [6.07, 6.45) is 0. The van der Waals surface area contributed by atoms with Crippen molar-refractivity contribution in [2.24, 2.45) is 0 Å². The van der Waals surface area contributed by atoms with Gasteiger partial charge in [0.25, 0.3) is 0 Å². The van der Waals surface area contributed by atoms with E-state index >= 15 is 0 Å². The van der Waals surface area contributed by atoms with Crippen molar-refractivity contribution in [2.45, 2.75) is 20.0 Å². The van der Waals surface area contributed by atoms with E-state index in [0.29, 0.717) is 18.3 Å². The zero-order valence-corrected chi connectivity index (χ0v) is 10.6. The number of aromatic nitrogens is 2. The first-order valence-corrected chi connectivity index (χ1v) is 6.14. The quantitative estimate of drug-likeness (QED) is 0.939. The van der Waals surface area contributed by atoms with Crippen LogP contribution in [0.4, 0.5) is 0 Å². The number of aryl methyl sites for hydroxylation is 1. The molecule has 2 heterocycles. The van der Waals surface area contributed by atoms with E-state index in [1.807, 2.05) is 6.07 Å². The number of rotatable bonds is 4. The molecule has 4 nitrogen and oxygen atoms in total. The number of thiophene rings is 1. The molecule has 80 valence electrons. The maximum absolute atomic E-state index is 5.24. The van der Waals surface area contributed by atoms with Crippen LogP contribution in [0.25, 0.3) is 0 Å². The van der Waals surface area contributed by atoms with Crippen molar-refractivity contribution in [2.75, 3.05) is 0 Å². The molecule has 2 aromatic rings. The van der Waals surface area contributed by atoms with Crippen molar-refractivity contribution in [3.63, 3.8) is 0 Å². The van der Waals surface area contributed by atoms with Crippen LogP contribution in [0.15, 0.2) is 20.3 Å². The molecule has 0 aliphatic heterocycles. The van der Waals surface area contributed by atoms with Gasteiger partial charge < -0.3 is 9.73 Å². The van der Waals surface area contributed by atoms with Crippen molar-refractivity contribution in [3.8, 4) is 0 Å². The highest BCUT2D eigenvalue weighted by Gasteiger charge is 2.03. The van der Waals surface area contributed by atoms with Gasteiger partial charge in [0, 0.05) is 22.8 Å². The zero-order valence-electron chi connectivity index (χ0n) is 8.16. The second kappa shape index (κ2) is 4.87. The van der Waals surface area contributed by atoms with Gasteiger partial charge in [0.15, 0.2) is 0 Å². The summed E-state index contributed by atoms with van der Waals surface area (Å²) in [4.78, 5) is 1.27. The normalized spacial score (nSPS) is 10.8. The summed E-state index contributed by atoms with van der Waals surface area (Å²) in [6.45, 7) is 3.19. The third-order valence-corrected chi connectivity index (χ3v) is 3.75. The molecule has 0 unspecified atom stereocenters. The Morgan fingerprint density at radius 3 is 2.93 bits per heavy atom. The van der Waals surface area contributed by atoms with Crippen molar-refractivity contribution < 1.29 is 4.42 Å². The fraction of sp³-hybridized carbons (Fsp3) is 0.333. The van der Waals surface area contributed by atoms with Crippen LogP contribution >= 0.6 is 27.3 Å². The predicted molar refractivity (Wildman–Crippen MR) is 61.6 cm³/mol. The minimum Gasteiger partial charge on any atom is -0.424 e. The van der Waals surface area contributed by atoms with E-state index in [4.69, 9.17) is 4.42 Å². The molecule has 0 saturated carbocycles. The zero-order chi connectivity index (χ0) is 10.7. The fourth-order valence-corrected chi connectivity index (χ4v) is 2.61. The smallest absolute Gasteiger partial charge is 0.230 e. The second-order valence-electron chi connectivity index (χ2n) is 3.01. The van der Waals surface area contributed by atoms with Gasteiger partial charge in [-0.25, -0.2) is 0 Å². The van der Waals surface area contributed by atoms with Crippen molar-refractivity contribution in [1.29, 1.82) is 0 Å². The van der Waals surface area contributed by atoms with Crippen LogP contribution in [0.5, 0.6) is 0 Å². The first-order chi connectivity index (χ1) is 7.25. The Labute approximate surface area is 99.8 Å². The summed E-state index contributed by atoms with van der Waals surface area (Å²) in [5, 5.41) is 13.0. The summed E-state index contributed by atoms with van der Waals surface area (Å²) < 4.78 is 6.38. The first kappa shape index (κ1) is 10.8. The summed E-state index contributed by atoms with van der Waals surface area (Å²) in [6, 6.07) is 2.04. The van der Waals surface area contributed by atoms with Crippen LogP contribution in [-0.4, -0.2) is 10.2 Å². The number of nitrogens with one attached hydrogen (secondary N) is 1. The average Bonchev–Trinajstić information content (AvgIpc) is 2.77. The lowest BCUT2D eigenvalue weighted by atomic mass is 10.4.